The fourth-order valence-corrected chi connectivity index (χ4v) is 3.10. The van der Waals surface area contributed by atoms with E-state index in [4.69, 9.17) is 0 Å². The van der Waals surface area contributed by atoms with Crippen molar-refractivity contribution in [3.8, 4) is 5.69 Å². The van der Waals surface area contributed by atoms with Crippen molar-refractivity contribution in [3.05, 3.63) is 60.2 Å². The highest BCUT2D eigenvalue weighted by Crippen LogP contribution is 2.26. The number of hydrogen-bond acceptors (Lipinski definition) is 4. The van der Waals surface area contributed by atoms with Gasteiger partial charge in [-0.05, 0) is 41.6 Å². The van der Waals surface area contributed by atoms with Crippen LogP contribution in [-0.4, -0.2) is 36.2 Å². The molecule has 112 valence electrons. The largest absolute Gasteiger partial charge is 0.349 e. The molecule has 0 bridgehead atoms. The minimum Gasteiger partial charge on any atom is -0.349 e. The molecule has 6 nitrogen and oxygen atoms in total. The quantitative estimate of drug-likeness (QED) is 0.742. The molecular weight excluding hydrogens is 276 g/mol. The topological polar surface area (TPSA) is 51.8 Å². The van der Waals surface area contributed by atoms with Gasteiger partial charge in [-0.3, -0.25) is 4.90 Å². The van der Waals surface area contributed by atoms with Gasteiger partial charge in [-0.1, -0.05) is 18.2 Å². The predicted octanol–water partition coefficient (Wildman–Crippen LogP) is 2.04. The standard InChI is InChI=1S/C16H18N6/c1-13-15-8-5-9-20(15)10-11-21(13)12-16-17-18-19-22(16)14-6-3-2-4-7-14/h2-9,13H,10-12H2,1H3. The molecule has 1 unspecified atom stereocenters. The first kappa shape index (κ1) is 13.2. The molecular formula is C16H18N6. The Kier molecular flexibility index (Phi) is 3.23. The Morgan fingerprint density at radius 1 is 1.09 bits per heavy atom. The number of aromatic nitrogens is 5. The SMILES string of the molecule is CC1c2cccn2CCN1Cc1nnnn1-c1ccccc1. The summed E-state index contributed by atoms with van der Waals surface area (Å²) in [4.78, 5) is 2.42. The zero-order valence-electron chi connectivity index (χ0n) is 12.5. The molecule has 2 aromatic heterocycles. The number of benzene rings is 1. The number of tetrazole rings is 1. The fraction of sp³-hybridized carbons (Fsp3) is 0.312. The van der Waals surface area contributed by atoms with Gasteiger partial charge in [0.05, 0.1) is 12.2 Å². The highest BCUT2D eigenvalue weighted by molar-refractivity contribution is 5.30. The Morgan fingerprint density at radius 3 is 2.82 bits per heavy atom. The monoisotopic (exact) mass is 294 g/mol. The van der Waals surface area contributed by atoms with E-state index in [0.29, 0.717) is 6.04 Å². The molecule has 0 aliphatic carbocycles. The minimum absolute atomic E-state index is 0.365. The molecule has 0 spiro atoms. The lowest BCUT2D eigenvalue weighted by molar-refractivity contribution is 0.155. The smallest absolute Gasteiger partial charge is 0.170 e. The highest BCUT2D eigenvalue weighted by Gasteiger charge is 2.25. The maximum absolute atomic E-state index is 4.22. The molecule has 3 aromatic rings. The second-order valence-electron chi connectivity index (χ2n) is 5.62. The van der Waals surface area contributed by atoms with Crippen molar-refractivity contribution in [1.82, 2.24) is 29.7 Å². The van der Waals surface area contributed by atoms with Crippen molar-refractivity contribution in [2.24, 2.45) is 0 Å². The van der Waals surface area contributed by atoms with Crippen molar-refractivity contribution in [1.29, 1.82) is 0 Å². The third-order valence-corrected chi connectivity index (χ3v) is 4.35. The van der Waals surface area contributed by atoms with E-state index in [-0.39, 0.29) is 0 Å². The Balaban J connectivity index is 1.59. The molecule has 0 saturated heterocycles. The number of hydrogen-bond donors (Lipinski definition) is 0. The maximum Gasteiger partial charge on any atom is 0.170 e. The molecule has 0 saturated carbocycles. The van der Waals surface area contributed by atoms with Crippen LogP contribution < -0.4 is 0 Å². The summed E-state index contributed by atoms with van der Waals surface area (Å²) < 4.78 is 4.14. The Bertz CT molecular complexity index is 760. The maximum atomic E-state index is 4.22. The van der Waals surface area contributed by atoms with Crippen molar-refractivity contribution >= 4 is 0 Å². The van der Waals surface area contributed by atoms with Gasteiger partial charge in [0.15, 0.2) is 5.82 Å². The van der Waals surface area contributed by atoms with Crippen LogP contribution in [0, 0.1) is 0 Å². The number of para-hydroxylation sites is 1. The van der Waals surface area contributed by atoms with Gasteiger partial charge >= 0.3 is 0 Å². The van der Waals surface area contributed by atoms with E-state index in [1.165, 1.54) is 5.69 Å². The predicted molar refractivity (Wildman–Crippen MR) is 82.4 cm³/mol. The van der Waals surface area contributed by atoms with Crippen LogP contribution >= 0.6 is 0 Å². The summed E-state index contributed by atoms with van der Waals surface area (Å²) in [5.74, 6) is 0.873. The van der Waals surface area contributed by atoms with E-state index in [9.17, 15) is 0 Å². The summed E-state index contributed by atoms with van der Waals surface area (Å²) in [5.41, 5.74) is 2.35. The van der Waals surface area contributed by atoms with Gasteiger partial charge in [-0.2, -0.15) is 4.68 Å². The molecule has 4 rings (SSSR count). The van der Waals surface area contributed by atoms with Gasteiger partial charge in [-0.15, -0.1) is 5.10 Å². The lowest BCUT2D eigenvalue weighted by atomic mass is 10.1. The molecule has 0 amide bonds. The average molecular weight is 294 g/mol. The molecule has 6 heteroatoms. The van der Waals surface area contributed by atoms with Crippen LogP contribution in [0.25, 0.3) is 5.69 Å². The summed E-state index contributed by atoms with van der Waals surface area (Å²) in [6, 6.07) is 14.7. The molecule has 0 N–H and O–H groups in total. The van der Waals surface area contributed by atoms with Crippen LogP contribution in [-0.2, 0) is 13.1 Å². The van der Waals surface area contributed by atoms with Crippen LogP contribution in [0.15, 0.2) is 48.7 Å². The van der Waals surface area contributed by atoms with Gasteiger partial charge in [0, 0.05) is 31.0 Å². The lowest BCUT2D eigenvalue weighted by Crippen LogP contribution is -2.36. The van der Waals surface area contributed by atoms with Crippen LogP contribution in [0.2, 0.25) is 0 Å². The van der Waals surface area contributed by atoms with Crippen molar-refractivity contribution < 1.29 is 0 Å². The molecule has 0 fully saturated rings. The van der Waals surface area contributed by atoms with E-state index >= 15 is 0 Å². The normalized spacial score (nSPS) is 18.3. The molecule has 1 aliphatic heterocycles. The van der Waals surface area contributed by atoms with E-state index in [0.717, 1.165) is 31.1 Å². The Morgan fingerprint density at radius 2 is 1.95 bits per heavy atom. The third kappa shape index (κ3) is 2.21. The molecule has 22 heavy (non-hydrogen) atoms. The van der Waals surface area contributed by atoms with Crippen LogP contribution in [0.4, 0.5) is 0 Å². The number of nitrogens with zero attached hydrogens (tertiary/aromatic N) is 6. The summed E-state index contributed by atoms with van der Waals surface area (Å²) in [7, 11) is 0. The van der Waals surface area contributed by atoms with E-state index in [1.54, 1.807) is 0 Å². The first-order valence-electron chi connectivity index (χ1n) is 7.55. The summed E-state index contributed by atoms with van der Waals surface area (Å²) in [6.45, 7) is 5.00. The van der Waals surface area contributed by atoms with Crippen molar-refractivity contribution in [2.45, 2.75) is 26.1 Å². The second-order valence-corrected chi connectivity index (χ2v) is 5.62. The second kappa shape index (κ2) is 5.38. The molecule has 1 atom stereocenters. The van der Waals surface area contributed by atoms with Crippen LogP contribution in [0.5, 0.6) is 0 Å². The molecule has 1 aliphatic rings. The Labute approximate surface area is 129 Å². The van der Waals surface area contributed by atoms with Crippen LogP contribution in [0.1, 0.15) is 24.5 Å². The number of fused-ring (bicyclic) bond motifs is 1. The Hall–Kier alpha value is -2.47. The molecule has 0 radical (unpaired) electrons. The van der Waals surface area contributed by atoms with Crippen molar-refractivity contribution in [3.63, 3.8) is 0 Å². The van der Waals surface area contributed by atoms with E-state index < -0.39 is 0 Å². The van der Waals surface area contributed by atoms with Gasteiger partial charge in [-0.25, -0.2) is 0 Å². The van der Waals surface area contributed by atoms with Gasteiger partial charge in [0.25, 0.3) is 0 Å². The summed E-state index contributed by atoms with van der Waals surface area (Å²) >= 11 is 0. The zero-order valence-corrected chi connectivity index (χ0v) is 12.5. The minimum atomic E-state index is 0.365. The first-order chi connectivity index (χ1) is 10.8. The van der Waals surface area contributed by atoms with Gasteiger partial charge in [0.1, 0.15) is 0 Å². The van der Waals surface area contributed by atoms with Crippen molar-refractivity contribution in [2.75, 3.05) is 6.54 Å². The van der Waals surface area contributed by atoms with E-state index in [1.807, 2.05) is 35.0 Å². The average Bonchev–Trinajstić information content (AvgIpc) is 3.20. The summed E-state index contributed by atoms with van der Waals surface area (Å²) in [5, 5.41) is 12.2. The molecule has 3 heterocycles. The van der Waals surface area contributed by atoms with E-state index in [2.05, 4.69) is 50.2 Å². The van der Waals surface area contributed by atoms with Gasteiger partial charge < -0.3 is 4.57 Å². The highest BCUT2D eigenvalue weighted by atomic mass is 15.5. The lowest BCUT2D eigenvalue weighted by Gasteiger charge is -2.34. The first-order valence-corrected chi connectivity index (χ1v) is 7.55. The van der Waals surface area contributed by atoms with Crippen LogP contribution in [0.3, 0.4) is 0 Å². The molecule has 1 aromatic carbocycles. The van der Waals surface area contributed by atoms with Gasteiger partial charge in [0.2, 0.25) is 0 Å². The number of rotatable bonds is 3. The third-order valence-electron chi connectivity index (χ3n) is 4.35. The fourth-order valence-electron chi connectivity index (χ4n) is 3.10. The zero-order chi connectivity index (χ0) is 14.9. The summed E-state index contributed by atoms with van der Waals surface area (Å²) in [6.07, 6.45) is 2.15.